The van der Waals surface area contributed by atoms with E-state index in [4.69, 9.17) is 4.18 Å². The second-order valence-corrected chi connectivity index (χ2v) is 8.48. The van der Waals surface area contributed by atoms with Crippen LogP contribution in [-0.2, 0) is 14.3 Å². The Hall–Kier alpha value is -0.0900. The van der Waals surface area contributed by atoms with Gasteiger partial charge in [-0.3, -0.25) is 4.18 Å². The summed E-state index contributed by atoms with van der Waals surface area (Å²) in [6.45, 7) is 2.04. The molecule has 0 saturated heterocycles. The molecular formula is C14H24O3S. The molecule has 4 heteroatoms. The molecule has 4 rings (SSSR count). The summed E-state index contributed by atoms with van der Waals surface area (Å²) in [6, 6.07) is 0. The molecule has 4 aliphatic carbocycles. The summed E-state index contributed by atoms with van der Waals surface area (Å²) in [5.41, 5.74) is 0. The SMILES string of the molecule is CCS(=O)(=O)OCCC1C2CC3CC(C2)CC1C3. The van der Waals surface area contributed by atoms with Crippen molar-refractivity contribution >= 4 is 10.1 Å². The van der Waals surface area contributed by atoms with E-state index in [0.29, 0.717) is 6.61 Å². The maximum absolute atomic E-state index is 11.3. The number of hydrogen-bond donors (Lipinski definition) is 0. The third kappa shape index (κ3) is 2.46. The monoisotopic (exact) mass is 272 g/mol. The van der Waals surface area contributed by atoms with Crippen molar-refractivity contribution in [3.8, 4) is 0 Å². The van der Waals surface area contributed by atoms with E-state index in [0.717, 1.165) is 36.0 Å². The fourth-order valence-electron chi connectivity index (χ4n) is 4.90. The first-order chi connectivity index (χ1) is 8.57. The molecule has 4 saturated carbocycles. The molecule has 0 aromatic heterocycles. The van der Waals surface area contributed by atoms with Crippen molar-refractivity contribution < 1.29 is 12.6 Å². The molecule has 3 nitrogen and oxygen atoms in total. The Morgan fingerprint density at radius 1 is 1.00 bits per heavy atom. The Kier molecular flexibility index (Phi) is 3.43. The topological polar surface area (TPSA) is 43.4 Å². The highest BCUT2D eigenvalue weighted by molar-refractivity contribution is 7.86. The predicted octanol–water partition coefficient (Wildman–Crippen LogP) is 2.82. The fourth-order valence-corrected chi connectivity index (χ4v) is 5.42. The Morgan fingerprint density at radius 2 is 1.56 bits per heavy atom. The van der Waals surface area contributed by atoms with Crippen LogP contribution in [0.4, 0.5) is 0 Å². The third-order valence-corrected chi connectivity index (χ3v) is 6.72. The second-order valence-electron chi connectivity index (χ2n) is 6.55. The first-order valence-corrected chi connectivity index (χ1v) is 9.02. The Balaban J connectivity index is 1.54. The van der Waals surface area contributed by atoms with Crippen LogP contribution < -0.4 is 0 Å². The molecule has 0 radical (unpaired) electrons. The largest absolute Gasteiger partial charge is 0.270 e. The quantitative estimate of drug-likeness (QED) is 0.723. The standard InChI is InChI=1S/C14H24O3S/c1-2-18(15,16)17-4-3-14-12-6-10-5-11(8-12)9-13(14)7-10/h10-14H,2-9H2,1H3. The van der Waals surface area contributed by atoms with Crippen LogP contribution >= 0.6 is 0 Å². The minimum absolute atomic E-state index is 0.0919. The van der Waals surface area contributed by atoms with Crippen LogP contribution in [-0.4, -0.2) is 20.8 Å². The maximum Gasteiger partial charge on any atom is 0.267 e. The van der Waals surface area contributed by atoms with Gasteiger partial charge in [-0.2, -0.15) is 8.42 Å². The maximum atomic E-state index is 11.3. The van der Waals surface area contributed by atoms with Gasteiger partial charge in [-0.05, 0) is 75.0 Å². The van der Waals surface area contributed by atoms with Crippen molar-refractivity contribution in [2.45, 2.75) is 45.4 Å². The first kappa shape index (κ1) is 12.9. The number of hydrogen-bond acceptors (Lipinski definition) is 3. The molecular weight excluding hydrogens is 248 g/mol. The number of rotatable bonds is 5. The normalized spacial score (nSPS) is 42.4. The van der Waals surface area contributed by atoms with Crippen molar-refractivity contribution in [2.75, 3.05) is 12.4 Å². The van der Waals surface area contributed by atoms with Gasteiger partial charge in [0.25, 0.3) is 10.1 Å². The van der Waals surface area contributed by atoms with E-state index in [1.54, 1.807) is 6.92 Å². The highest BCUT2D eigenvalue weighted by atomic mass is 32.2. The highest BCUT2D eigenvalue weighted by Crippen LogP contribution is 2.57. The van der Waals surface area contributed by atoms with Gasteiger partial charge < -0.3 is 0 Å². The van der Waals surface area contributed by atoms with Crippen LogP contribution in [0.1, 0.15) is 45.4 Å². The van der Waals surface area contributed by atoms with Gasteiger partial charge in [0, 0.05) is 0 Å². The van der Waals surface area contributed by atoms with Crippen LogP contribution in [0.15, 0.2) is 0 Å². The highest BCUT2D eigenvalue weighted by Gasteiger charge is 2.47. The average molecular weight is 272 g/mol. The van der Waals surface area contributed by atoms with Crippen molar-refractivity contribution in [3.63, 3.8) is 0 Å². The lowest BCUT2D eigenvalue weighted by molar-refractivity contribution is -0.0433. The van der Waals surface area contributed by atoms with Crippen molar-refractivity contribution in [1.29, 1.82) is 0 Å². The van der Waals surface area contributed by atoms with E-state index in [1.165, 1.54) is 32.1 Å². The summed E-state index contributed by atoms with van der Waals surface area (Å²) < 4.78 is 27.7. The minimum Gasteiger partial charge on any atom is -0.270 e. The van der Waals surface area contributed by atoms with Crippen LogP contribution in [0, 0.1) is 29.6 Å². The Bertz CT molecular complexity index is 373. The molecule has 0 aromatic rings. The van der Waals surface area contributed by atoms with Crippen molar-refractivity contribution in [2.24, 2.45) is 29.6 Å². The lowest BCUT2D eigenvalue weighted by atomic mass is 9.51. The lowest BCUT2D eigenvalue weighted by Gasteiger charge is -2.54. The molecule has 0 aliphatic heterocycles. The zero-order chi connectivity index (χ0) is 12.8. The van der Waals surface area contributed by atoms with Gasteiger partial charge in [0.2, 0.25) is 0 Å². The second kappa shape index (κ2) is 4.78. The van der Waals surface area contributed by atoms with Gasteiger partial charge >= 0.3 is 0 Å². The molecule has 18 heavy (non-hydrogen) atoms. The van der Waals surface area contributed by atoms with Crippen LogP contribution in [0.5, 0.6) is 0 Å². The Labute approximate surface area is 110 Å². The molecule has 0 amide bonds. The molecule has 4 aliphatic rings. The zero-order valence-corrected chi connectivity index (χ0v) is 12.0. The smallest absolute Gasteiger partial charge is 0.267 e. The van der Waals surface area contributed by atoms with Crippen molar-refractivity contribution in [3.05, 3.63) is 0 Å². The van der Waals surface area contributed by atoms with E-state index in [1.807, 2.05) is 0 Å². The van der Waals surface area contributed by atoms with Gasteiger partial charge in [-0.25, -0.2) is 0 Å². The van der Waals surface area contributed by atoms with E-state index in [-0.39, 0.29) is 5.75 Å². The lowest BCUT2D eigenvalue weighted by Crippen LogP contribution is -2.45. The van der Waals surface area contributed by atoms with Gasteiger partial charge in [-0.15, -0.1) is 0 Å². The van der Waals surface area contributed by atoms with Crippen LogP contribution in [0.25, 0.3) is 0 Å². The summed E-state index contributed by atoms with van der Waals surface area (Å²) in [7, 11) is -3.25. The van der Waals surface area contributed by atoms with E-state index in [9.17, 15) is 8.42 Å². The van der Waals surface area contributed by atoms with E-state index >= 15 is 0 Å². The minimum atomic E-state index is -3.25. The summed E-state index contributed by atoms with van der Waals surface area (Å²) in [6.07, 6.45) is 8.03. The van der Waals surface area contributed by atoms with Gasteiger partial charge in [0.05, 0.1) is 12.4 Å². The van der Waals surface area contributed by atoms with Crippen molar-refractivity contribution in [1.82, 2.24) is 0 Å². The summed E-state index contributed by atoms with van der Waals surface area (Å²) >= 11 is 0. The summed E-state index contributed by atoms with van der Waals surface area (Å²) in [4.78, 5) is 0. The average Bonchev–Trinajstić information content (AvgIpc) is 2.32. The molecule has 0 N–H and O–H groups in total. The first-order valence-electron chi connectivity index (χ1n) is 7.44. The molecule has 0 unspecified atom stereocenters. The Morgan fingerprint density at radius 3 is 2.06 bits per heavy atom. The molecule has 4 bridgehead atoms. The van der Waals surface area contributed by atoms with Gasteiger partial charge in [0.1, 0.15) is 0 Å². The van der Waals surface area contributed by atoms with E-state index < -0.39 is 10.1 Å². The molecule has 0 heterocycles. The fraction of sp³-hybridized carbons (Fsp3) is 1.00. The van der Waals surface area contributed by atoms with E-state index in [2.05, 4.69) is 0 Å². The summed E-state index contributed by atoms with van der Waals surface area (Å²) in [5, 5.41) is 0. The molecule has 0 aromatic carbocycles. The third-order valence-electron chi connectivity index (χ3n) is 5.49. The predicted molar refractivity (Wildman–Crippen MR) is 70.6 cm³/mol. The molecule has 0 spiro atoms. The van der Waals surface area contributed by atoms with Crippen LogP contribution in [0.2, 0.25) is 0 Å². The van der Waals surface area contributed by atoms with Crippen LogP contribution in [0.3, 0.4) is 0 Å². The molecule has 0 atom stereocenters. The van der Waals surface area contributed by atoms with Gasteiger partial charge in [0.15, 0.2) is 0 Å². The molecule has 104 valence electrons. The zero-order valence-electron chi connectivity index (χ0n) is 11.2. The summed E-state index contributed by atoms with van der Waals surface area (Å²) in [5.74, 6) is 4.55. The van der Waals surface area contributed by atoms with Gasteiger partial charge in [-0.1, -0.05) is 0 Å². The molecule has 4 fully saturated rings.